The molecule has 4 aromatic rings. The summed E-state index contributed by atoms with van der Waals surface area (Å²) in [6, 6.07) is 13.1. The molecule has 2 N–H and O–H groups in total. The van der Waals surface area contributed by atoms with Gasteiger partial charge >= 0.3 is 0 Å². The molecule has 0 radical (unpaired) electrons. The number of aromatic amines is 1. The maximum atomic E-state index is 13.2. The van der Waals surface area contributed by atoms with Crippen molar-refractivity contribution in [3.8, 4) is 17.3 Å². The van der Waals surface area contributed by atoms with Crippen molar-refractivity contribution >= 4 is 28.3 Å². The molecule has 0 spiro atoms. The second-order valence-corrected chi connectivity index (χ2v) is 8.26. The standard InChI is InChI=1S/C24H20ClN3O4/c25-15-7-8-21(29)18(11-15)22(30)14-10-20(28(12-14)13-16-4-3-9-32-16)23-26-19-6-2-1-5-17(19)24(31)27-23/h1-2,5-8,10-12,16,29H,3-4,9,13H2,(H,26,27,31)/t16-/m1/s1. The molecule has 5 rings (SSSR count). The molecule has 1 atom stereocenters. The number of fused-ring (bicyclic) bond motifs is 1. The maximum Gasteiger partial charge on any atom is 0.259 e. The number of ether oxygens (including phenoxy) is 1. The summed E-state index contributed by atoms with van der Waals surface area (Å²) in [5.41, 5.74) is 1.37. The van der Waals surface area contributed by atoms with Crippen molar-refractivity contribution < 1.29 is 14.6 Å². The lowest BCUT2D eigenvalue weighted by Crippen LogP contribution is -2.17. The Balaban J connectivity index is 1.62. The van der Waals surface area contributed by atoms with Crippen molar-refractivity contribution in [2.45, 2.75) is 25.5 Å². The number of phenols is 1. The average molecular weight is 450 g/mol. The summed E-state index contributed by atoms with van der Waals surface area (Å²) in [7, 11) is 0. The lowest BCUT2D eigenvalue weighted by Gasteiger charge is -2.13. The number of H-pyrrole nitrogens is 1. The summed E-state index contributed by atoms with van der Waals surface area (Å²) in [5.74, 6) is -0.161. The van der Waals surface area contributed by atoms with E-state index in [0.717, 1.165) is 12.8 Å². The summed E-state index contributed by atoms with van der Waals surface area (Å²) < 4.78 is 7.65. The predicted octanol–water partition coefficient (Wildman–Crippen LogP) is 4.16. The largest absolute Gasteiger partial charge is 0.507 e. The number of nitrogens with zero attached hydrogens (tertiary/aromatic N) is 2. The Kier molecular flexibility index (Phi) is 5.28. The smallest absolute Gasteiger partial charge is 0.259 e. The second kappa shape index (κ2) is 8.26. The van der Waals surface area contributed by atoms with Gasteiger partial charge in [-0.15, -0.1) is 0 Å². The van der Waals surface area contributed by atoms with E-state index < -0.39 is 0 Å². The van der Waals surface area contributed by atoms with Gasteiger partial charge in [0.1, 0.15) is 5.75 Å². The van der Waals surface area contributed by atoms with E-state index in [1.807, 2.05) is 10.6 Å². The molecule has 0 saturated carbocycles. The zero-order valence-electron chi connectivity index (χ0n) is 17.0. The van der Waals surface area contributed by atoms with E-state index in [2.05, 4.69) is 9.97 Å². The van der Waals surface area contributed by atoms with Gasteiger partial charge in [0.25, 0.3) is 5.56 Å². The number of halogens is 1. The van der Waals surface area contributed by atoms with Crippen LogP contribution in [0.15, 0.2) is 59.5 Å². The molecular formula is C24H20ClN3O4. The molecule has 2 aromatic carbocycles. The fourth-order valence-electron chi connectivity index (χ4n) is 4.05. The van der Waals surface area contributed by atoms with Gasteiger partial charge in [0.05, 0.1) is 28.3 Å². The molecule has 0 amide bonds. The minimum absolute atomic E-state index is 0.0100. The number of aromatic hydroxyl groups is 1. The van der Waals surface area contributed by atoms with Gasteiger partial charge in [-0.1, -0.05) is 23.7 Å². The van der Waals surface area contributed by atoms with Crippen LogP contribution in [0.1, 0.15) is 28.8 Å². The number of carbonyl (C=O) groups excluding carboxylic acids is 1. The first kappa shape index (κ1) is 20.5. The Morgan fingerprint density at radius 2 is 2.09 bits per heavy atom. The number of para-hydroxylation sites is 1. The number of carbonyl (C=O) groups is 1. The molecule has 1 aliphatic rings. The van der Waals surface area contributed by atoms with Crippen LogP contribution in [-0.2, 0) is 11.3 Å². The Morgan fingerprint density at radius 1 is 1.25 bits per heavy atom. The monoisotopic (exact) mass is 449 g/mol. The highest BCUT2D eigenvalue weighted by atomic mass is 35.5. The molecule has 3 heterocycles. The zero-order valence-corrected chi connectivity index (χ0v) is 17.8. The van der Waals surface area contributed by atoms with E-state index in [-0.39, 0.29) is 28.8 Å². The molecule has 1 fully saturated rings. The predicted molar refractivity (Wildman–Crippen MR) is 121 cm³/mol. The number of phenolic OH excluding ortho intramolecular Hbond substituents is 1. The van der Waals surface area contributed by atoms with Gasteiger partial charge in [-0.05, 0) is 49.2 Å². The van der Waals surface area contributed by atoms with Crippen molar-refractivity contribution in [3.63, 3.8) is 0 Å². The molecule has 162 valence electrons. The van der Waals surface area contributed by atoms with Crippen LogP contribution in [0.25, 0.3) is 22.4 Å². The van der Waals surface area contributed by atoms with E-state index in [9.17, 15) is 14.7 Å². The van der Waals surface area contributed by atoms with E-state index in [0.29, 0.717) is 46.2 Å². The number of benzene rings is 2. The van der Waals surface area contributed by atoms with Crippen LogP contribution in [0.3, 0.4) is 0 Å². The summed E-state index contributed by atoms with van der Waals surface area (Å²) in [6.45, 7) is 1.22. The lowest BCUT2D eigenvalue weighted by molar-refractivity contribution is 0.0970. The quantitative estimate of drug-likeness (QED) is 0.446. The maximum absolute atomic E-state index is 13.2. The number of aromatic nitrogens is 3. The van der Waals surface area contributed by atoms with Crippen LogP contribution in [0.5, 0.6) is 5.75 Å². The third kappa shape index (κ3) is 3.81. The van der Waals surface area contributed by atoms with E-state index >= 15 is 0 Å². The van der Waals surface area contributed by atoms with Gasteiger partial charge < -0.3 is 19.4 Å². The van der Waals surface area contributed by atoms with Crippen LogP contribution >= 0.6 is 11.6 Å². The highest BCUT2D eigenvalue weighted by molar-refractivity contribution is 6.31. The van der Waals surface area contributed by atoms with E-state index in [4.69, 9.17) is 16.3 Å². The summed E-state index contributed by atoms with van der Waals surface area (Å²) >= 11 is 6.03. The fourth-order valence-corrected chi connectivity index (χ4v) is 4.22. The SMILES string of the molecule is O=C(c1cc(-c2nc3ccccc3c(=O)[nH]2)n(C[C@H]2CCCO2)c1)c1cc(Cl)ccc1O. The molecule has 32 heavy (non-hydrogen) atoms. The third-order valence-electron chi connectivity index (χ3n) is 5.64. The van der Waals surface area contributed by atoms with Crippen LogP contribution in [0, 0.1) is 0 Å². The van der Waals surface area contributed by atoms with Crippen LogP contribution < -0.4 is 5.56 Å². The normalized spacial score (nSPS) is 16.0. The minimum atomic E-state index is -0.375. The van der Waals surface area contributed by atoms with Crippen LogP contribution in [-0.4, -0.2) is 38.1 Å². The Hall–Kier alpha value is -3.42. The minimum Gasteiger partial charge on any atom is -0.507 e. The first-order valence-corrected chi connectivity index (χ1v) is 10.7. The van der Waals surface area contributed by atoms with Crippen molar-refractivity contribution in [1.82, 2.24) is 14.5 Å². The van der Waals surface area contributed by atoms with Gasteiger partial charge in [0, 0.05) is 29.9 Å². The Morgan fingerprint density at radius 3 is 2.91 bits per heavy atom. The molecule has 1 saturated heterocycles. The molecule has 1 aliphatic heterocycles. The van der Waals surface area contributed by atoms with Crippen LogP contribution in [0.4, 0.5) is 0 Å². The van der Waals surface area contributed by atoms with Gasteiger partial charge in [0.2, 0.25) is 0 Å². The van der Waals surface area contributed by atoms with Gasteiger partial charge in [-0.3, -0.25) is 9.59 Å². The highest BCUT2D eigenvalue weighted by Gasteiger charge is 2.23. The first-order valence-electron chi connectivity index (χ1n) is 10.3. The molecule has 8 heteroatoms. The van der Waals surface area contributed by atoms with E-state index in [1.54, 1.807) is 30.5 Å². The number of rotatable bonds is 5. The first-order chi connectivity index (χ1) is 15.5. The number of ketones is 1. The van der Waals surface area contributed by atoms with Crippen molar-refractivity contribution in [3.05, 3.63) is 81.2 Å². The van der Waals surface area contributed by atoms with Gasteiger partial charge in [0.15, 0.2) is 11.6 Å². The van der Waals surface area contributed by atoms with Crippen molar-refractivity contribution in [2.75, 3.05) is 6.61 Å². The molecule has 7 nitrogen and oxygen atoms in total. The van der Waals surface area contributed by atoms with Gasteiger partial charge in [-0.2, -0.15) is 0 Å². The molecule has 2 aromatic heterocycles. The average Bonchev–Trinajstić information content (AvgIpc) is 3.45. The second-order valence-electron chi connectivity index (χ2n) is 7.82. The molecular weight excluding hydrogens is 430 g/mol. The lowest BCUT2D eigenvalue weighted by atomic mass is 10.0. The van der Waals surface area contributed by atoms with Crippen molar-refractivity contribution in [1.29, 1.82) is 0 Å². The Labute approximate surface area is 188 Å². The molecule has 0 bridgehead atoms. The third-order valence-corrected chi connectivity index (χ3v) is 5.88. The highest BCUT2D eigenvalue weighted by Crippen LogP contribution is 2.28. The van der Waals surface area contributed by atoms with Crippen LogP contribution in [0.2, 0.25) is 5.02 Å². The number of nitrogens with one attached hydrogen (secondary N) is 1. The number of hydrogen-bond acceptors (Lipinski definition) is 5. The number of hydrogen-bond donors (Lipinski definition) is 2. The van der Waals surface area contributed by atoms with Gasteiger partial charge in [-0.25, -0.2) is 4.98 Å². The fraction of sp³-hybridized carbons (Fsp3) is 0.208. The molecule has 0 unspecified atom stereocenters. The van der Waals surface area contributed by atoms with Crippen molar-refractivity contribution in [2.24, 2.45) is 0 Å². The van der Waals surface area contributed by atoms with E-state index in [1.165, 1.54) is 18.2 Å². The molecule has 0 aliphatic carbocycles. The summed E-state index contributed by atoms with van der Waals surface area (Å²) in [4.78, 5) is 33.3. The Bertz CT molecular complexity index is 1390. The topological polar surface area (TPSA) is 97.2 Å². The summed E-state index contributed by atoms with van der Waals surface area (Å²) in [5, 5.41) is 11.0. The zero-order chi connectivity index (χ0) is 22.2. The summed E-state index contributed by atoms with van der Waals surface area (Å²) in [6.07, 6.45) is 3.61.